The second-order valence-electron chi connectivity index (χ2n) is 4.74. The number of hydrogen-bond donors (Lipinski definition) is 2. The highest BCUT2D eigenvalue weighted by molar-refractivity contribution is 5.89. The van der Waals surface area contributed by atoms with Crippen molar-refractivity contribution in [1.29, 1.82) is 0 Å². The SMILES string of the molecule is C=CCN(C(=O)Nc1cccc(CC(=O)O)c1)C(C)C. The number of anilines is 1. The Labute approximate surface area is 118 Å². The van der Waals surface area contributed by atoms with Crippen LogP contribution in [-0.4, -0.2) is 34.6 Å². The van der Waals surface area contributed by atoms with Gasteiger partial charge in [0.1, 0.15) is 0 Å². The van der Waals surface area contributed by atoms with E-state index in [2.05, 4.69) is 11.9 Å². The summed E-state index contributed by atoms with van der Waals surface area (Å²) in [5.41, 5.74) is 1.23. The van der Waals surface area contributed by atoms with Gasteiger partial charge in [-0.2, -0.15) is 0 Å². The molecular weight excluding hydrogens is 256 g/mol. The van der Waals surface area contributed by atoms with Crippen LogP contribution in [-0.2, 0) is 11.2 Å². The summed E-state index contributed by atoms with van der Waals surface area (Å²) in [5, 5.41) is 11.5. The molecule has 1 aromatic carbocycles. The minimum absolute atomic E-state index is 0.0511. The number of rotatable bonds is 6. The highest BCUT2D eigenvalue weighted by atomic mass is 16.4. The minimum atomic E-state index is -0.899. The number of hydrogen-bond acceptors (Lipinski definition) is 2. The summed E-state index contributed by atoms with van der Waals surface area (Å²) in [6.45, 7) is 7.93. The molecule has 0 saturated carbocycles. The van der Waals surface area contributed by atoms with Crippen LogP contribution in [0.15, 0.2) is 36.9 Å². The van der Waals surface area contributed by atoms with E-state index in [0.29, 0.717) is 17.8 Å². The maximum absolute atomic E-state index is 12.1. The lowest BCUT2D eigenvalue weighted by atomic mass is 10.1. The maximum atomic E-state index is 12.1. The molecule has 0 saturated heterocycles. The van der Waals surface area contributed by atoms with Gasteiger partial charge in [0.15, 0.2) is 0 Å². The normalized spacial score (nSPS) is 10.2. The van der Waals surface area contributed by atoms with Crippen LogP contribution in [0.25, 0.3) is 0 Å². The molecule has 0 unspecified atom stereocenters. The summed E-state index contributed by atoms with van der Waals surface area (Å²) in [4.78, 5) is 24.4. The number of aliphatic carboxylic acids is 1. The first-order valence-corrected chi connectivity index (χ1v) is 6.43. The summed E-state index contributed by atoms with van der Waals surface area (Å²) in [6.07, 6.45) is 1.60. The first-order chi connectivity index (χ1) is 9.43. The zero-order valence-electron chi connectivity index (χ0n) is 11.8. The molecule has 0 aromatic heterocycles. The smallest absolute Gasteiger partial charge is 0.322 e. The molecule has 0 fully saturated rings. The Bertz CT molecular complexity index is 498. The Kier molecular flexibility index (Phi) is 5.77. The molecule has 1 aromatic rings. The molecule has 0 aliphatic heterocycles. The van der Waals surface area contributed by atoms with E-state index in [1.165, 1.54) is 0 Å². The molecule has 0 bridgehead atoms. The van der Waals surface area contributed by atoms with Crippen molar-refractivity contribution in [3.05, 3.63) is 42.5 Å². The molecule has 0 aliphatic rings. The van der Waals surface area contributed by atoms with E-state index >= 15 is 0 Å². The van der Waals surface area contributed by atoms with Crippen molar-refractivity contribution in [1.82, 2.24) is 4.90 Å². The fourth-order valence-electron chi connectivity index (χ4n) is 1.80. The molecule has 108 valence electrons. The van der Waals surface area contributed by atoms with E-state index in [4.69, 9.17) is 5.11 Å². The Balaban J connectivity index is 2.78. The molecule has 0 atom stereocenters. The van der Waals surface area contributed by atoms with Crippen molar-refractivity contribution in [2.45, 2.75) is 26.3 Å². The maximum Gasteiger partial charge on any atom is 0.322 e. The van der Waals surface area contributed by atoms with E-state index in [9.17, 15) is 9.59 Å². The molecule has 0 aliphatic carbocycles. The van der Waals surface area contributed by atoms with Crippen molar-refractivity contribution in [2.24, 2.45) is 0 Å². The third kappa shape index (κ3) is 4.76. The molecule has 2 N–H and O–H groups in total. The molecule has 0 radical (unpaired) electrons. The number of carbonyl (C=O) groups excluding carboxylic acids is 1. The predicted molar refractivity (Wildman–Crippen MR) is 78.8 cm³/mol. The van der Waals surface area contributed by atoms with Gasteiger partial charge in [-0.15, -0.1) is 6.58 Å². The van der Waals surface area contributed by atoms with Crippen LogP contribution in [0.3, 0.4) is 0 Å². The number of carboxylic acid groups (broad SMARTS) is 1. The van der Waals surface area contributed by atoms with Gasteiger partial charge < -0.3 is 15.3 Å². The number of benzene rings is 1. The molecule has 5 heteroatoms. The Hall–Kier alpha value is -2.30. The van der Waals surface area contributed by atoms with Crippen molar-refractivity contribution < 1.29 is 14.7 Å². The first kappa shape index (κ1) is 15.8. The van der Waals surface area contributed by atoms with Gasteiger partial charge in [-0.05, 0) is 31.5 Å². The van der Waals surface area contributed by atoms with E-state index in [0.717, 1.165) is 0 Å². The summed E-state index contributed by atoms with van der Waals surface area (Å²) in [7, 11) is 0. The fourth-order valence-corrected chi connectivity index (χ4v) is 1.80. The number of urea groups is 1. The molecule has 2 amide bonds. The monoisotopic (exact) mass is 276 g/mol. The molecule has 0 heterocycles. The van der Waals surface area contributed by atoms with Gasteiger partial charge in [0.25, 0.3) is 0 Å². The van der Waals surface area contributed by atoms with E-state index in [1.54, 1.807) is 35.2 Å². The Morgan fingerprint density at radius 3 is 2.70 bits per heavy atom. The highest BCUT2D eigenvalue weighted by Gasteiger charge is 2.15. The number of carboxylic acids is 1. The second-order valence-corrected chi connectivity index (χ2v) is 4.74. The van der Waals surface area contributed by atoms with Gasteiger partial charge in [-0.25, -0.2) is 4.79 Å². The summed E-state index contributed by atoms with van der Waals surface area (Å²) in [6, 6.07) is 6.66. The lowest BCUT2D eigenvalue weighted by molar-refractivity contribution is -0.136. The summed E-state index contributed by atoms with van der Waals surface area (Å²) < 4.78 is 0. The van der Waals surface area contributed by atoms with Crippen LogP contribution in [0.5, 0.6) is 0 Å². The number of nitrogens with one attached hydrogen (secondary N) is 1. The number of nitrogens with zero attached hydrogens (tertiary/aromatic N) is 1. The van der Waals surface area contributed by atoms with Gasteiger partial charge in [0, 0.05) is 18.3 Å². The van der Waals surface area contributed by atoms with Gasteiger partial charge in [0.05, 0.1) is 6.42 Å². The lowest BCUT2D eigenvalue weighted by Crippen LogP contribution is -2.40. The standard InChI is InChI=1S/C15H20N2O3/c1-4-8-17(11(2)3)15(20)16-13-7-5-6-12(9-13)10-14(18)19/h4-7,9,11H,1,8,10H2,2-3H3,(H,16,20)(H,18,19). The Morgan fingerprint density at radius 2 is 2.15 bits per heavy atom. The number of amides is 2. The van der Waals surface area contributed by atoms with Crippen LogP contribution in [0.2, 0.25) is 0 Å². The minimum Gasteiger partial charge on any atom is -0.481 e. The molecule has 20 heavy (non-hydrogen) atoms. The molecular formula is C15H20N2O3. The van der Waals surface area contributed by atoms with Gasteiger partial charge >= 0.3 is 12.0 Å². The first-order valence-electron chi connectivity index (χ1n) is 6.43. The summed E-state index contributed by atoms with van der Waals surface area (Å²) >= 11 is 0. The lowest BCUT2D eigenvalue weighted by Gasteiger charge is -2.25. The van der Waals surface area contributed by atoms with Crippen LogP contribution in [0.4, 0.5) is 10.5 Å². The van der Waals surface area contributed by atoms with E-state index < -0.39 is 5.97 Å². The largest absolute Gasteiger partial charge is 0.481 e. The zero-order valence-corrected chi connectivity index (χ0v) is 11.8. The summed E-state index contributed by atoms with van der Waals surface area (Å²) in [5.74, 6) is -0.899. The molecule has 1 rings (SSSR count). The van der Waals surface area contributed by atoms with Gasteiger partial charge in [-0.3, -0.25) is 4.79 Å². The van der Waals surface area contributed by atoms with Gasteiger partial charge in [0.2, 0.25) is 0 Å². The second kappa shape index (κ2) is 7.33. The number of carbonyl (C=O) groups is 2. The van der Waals surface area contributed by atoms with Crippen molar-refractivity contribution in [2.75, 3.05) is 11.9 Å². The average molecular weight is 276 g/mol. The van der Waals surface area contributed by atoms with Crippen molar-refractivity contribution >= 4 is 17.7 Å². The van der Waals surface area contributed by atoms with Crippen LogP contribution >= 0.6 is 0 Å². The fraction of sp³-hybridized carbons (Fsp3) is 0.333. The topological polar surface area (TPSA) is 69.6 Å². The third-order valence-corrected chi connectivity index (χ3v) is 2.74. The van der Waals surface area contributed by atoms with Crippen molar-refractivity contribution in [3.63, 3.8) is 0 Å². The molecule has 5 nitrogen and oxygen atoms in total. The van der Waals surface area contributed by atoms with Crippen molar-refractivity contribution in [3.8, 4) is 0 Å². The van der Waals surface area contributed by atoms with E-state index in [1.807, 2.05) is 13.8 Å². The predicted octanol–water partition coefficient (Wildman–Crippen LogP) is 2.74. The third-order valence-electron chi connectivity index (χ3n) is 2.74. The molecule has 0 spiro atoms. The zero-order chi connectivity index (χ0) is 15.1. The quantitative estimate of drug-likeness (QED) is 0.785. The highest BCUT2D eigenvalue weighted by Crippen LogP contribution is 2.13. The Morgan fingerprint density at radius 1 is 1.45 bits per heavy atom. The van der Waals surface area contributed by atoms with Crippen LogP contribution in [0.1, 0.15) is 19.4 Å². The van der Waals surface area contributed by atoms with Gasteiger partial charge in [-0.1, -0.05) is 18.2 Å². The van der Waals surface area contributed by atoms with E-state index in [-0.39, 0.29) is 18.5 Å². The van der Waals surface area contributed by atoms with Crippen LogP contribution in [0, 0.1) is 0 Å². The average Bonchev–Trinajstić information content (AvgIpc) is 2.34. The van der Waals surface area contributed by atoms with Crippen LogP contribution < -0.4 is 5.32 Å².